The summed E-state index contributed by atoms with van der Waals surface area (Å²) in [5.41, 5.74) is 4.03. The molecule has 0 unspecified atom stereocenters. The molecule has 32 heavy (non-hydrogen) atoms. The highest BCUT2D eigenvalue weighted by Crippen LogP contribution is 2.28. The number of hydrogen-bond acceptors (Lipinski definition) is 4. The number of ether oxygens (including phenoxy) is 2. The fraction of sp³-hybridized carbons (Fsp3) is 0.154. The van der Waals surface area contributed by atoms with Crippen LogP contribution in [0.1, 0.15) is 22.3 Å². The van der Waals surface area contributed by atoms with Crippen LogP contribution in [0.4, 0.5) is 5.69 Å². The molecule has 0 aliphatic heterocycles. The van der Waals surface area contributed by atoms with Crippen molar-refractivity contribution in [2.45, 2.75) is 20.5 Å². The van der Waals surface area contributed by atoms with Crippen LogP contribution >= 0.6 is 11.6 Å². The van der Waals surface area contributed by atoms with Gasteiger partial charge < -0.3 is 14.8 Å². The molecule has 0 spiro atoms. The number of anilines is 1. The maximum Gasteiger partial charge on any atom is 0.266 e. The first kappa shape index (κ1) is 22.9. The molecule has 0 saturated carbocycles. The molecule has 0 heterocycles. The van der Waals surface area contributed by atoms with Crippen LogP contribution in [0, 0.1) is 25.2 Å². The van der Waals surface area contributed by atoms with Gasteiger partial charge in [-0.25, -0.2) is 0 Å². The lowest BCUT2D eigenvalue weighted by Gasteiger charge is -2.12. The fourth-order valence-corrected chi connectivity index (χ4v) is 3.25. The zero-order valence-electron chi connectivity index (χ0n) is 18.1. The number of halogens is 1. The van der Waals surface area contributed by atoms with Crippen molar-refractivity contribution < 1.29 is 14.3 Å². The van der Waals surface area contributed by atoms with Crippen LogP contribution in [-0.4, -0.2) is 13.0 Å². The monoisotopic (exact) mass is 446 g/mol. The maximum atomic E-state index is 12.8. The fourth-order valence-electron chi connectivity index (χ4n) is 3.04. The largest absolute Gasteiger partial charge is 0.497 e. The van der Waals surface area contributed by atoms with Crippen molar-refractivity contribution in [3.63, 3.8) is 0 Å². The average molecular weight is 447 g/mol. The van der Waals surface area contributed by atoms with E-state index < -0.39 is 5.91 Å². The van der Waals surface area contributed by atoms with E-state index >= 15 is 0 Å². The molecule has 0 bridgehead atoms. The number of aryl methyl sites for hydroxylation is 2. The Balaban J connectivity index is 1.88. The first-order valence-electron chi connectivity index (χ1n) is 9.95. The summed E-state index contributed by atoms with van der Waals surface area (Å²) in [6.45, 7) is 4.11. The third kappa shape index (κ3) is 5.90. The van der Waals surface area contributed by atoms with Crippen molar-refractivity contribution in [3.05, 3.63) is 93.5 Å². The van der Waals surface area contributed by atoms with Gasteiger partial charge in [-0.3, -0.25) is 4.79 Å². The Hall–Kier alpha value is -3.75. The first-order chi connectivity index (χ1) is 15.4. The van der Waals surface area contributed by atoms with Gasteiger partial charge in [-0.1, -0.05) is 35.9 Å². The Labute approximate surface area is 192 Å². The normalized spacial score (nSPS) is 10.9. The summed E-state index contributed by atoms with van der Waals surface area (Å²) in [6.07, 6.45) is 1.51. The van der Waals surface area contributed by atoms with Gasteiger partial charge in [-0.2, -0.15) is 5.26 Å². The lowest BCUT2D eigenvalue weighted by Crippen LogP contribution is -2.14. The Morgan fingerprint density at radius 3 is 2.66 bits per heavy atom. The molecule has 0 fully saturated rings. The molecule has 162 valence electrons. The number of hydrogen-bond donors (Lipinski definition) is 1. The highest BCUT2D eigenvalue weighted by molar-refractivity contribution is 6.30. The van der Waals surface area contributed by atoms with Crippen molar-refractivity contribution in [2.24, 2.45) is 0 Å². The summed E-state index contributed by atoms with van der Waals surface area (Å²) >= 11 is 6.05. The van der Waals surface area contributed by atoms with Crippen molar-refractivity contribution >= 4 is 29.3 Å². The second-order valence-corrected chi connectivity index (χ2v) is 7.70. The molecule has 3 rings (SSSR count). The molecule has 0 atom stereocenters. The van der Waals surface area contributed by atoms with Crippen LogP contribution in [0.15, 0.2) is 66.2 Å². The van der Waals surface area contributed by atoms with E-state index in [1.807, 2.05) is 56.3 Å². The second-order valence-electron chi connectivity index (χ2n) is 7.26. The molecule has 0 saturated heterocycles. The van der Waals surface area contributed by atoms with E-state index in [1.165, 1.54) is 6.08 Å². The summed E-state index contributed by atoms with van der Waals surface area (Å²) in [6, 6.07) is 20.3. The summed E-state index contributed by atoms with van der Waals surface area (Å²) in [4.78, 5) is 12.8. The maximum absolute atomic E-state index is 12.8. The van der Waals surface area contributed by atoms with Crippen molar-refractivity contribution in [3.8, 4) is 17.6 Å². The number of nitrogens with zero attached hydrogens (tertiary/aromatic N) is 1. The molecule has 0 aliphatic carbocycles. The molecule has 6 heteroatoms. The zero-order chi connectivity index (χ0) is 23.1. The van der Waals surface area contributed by atoms with Gasteiger partial charge in [-0.05, 0) is 66.9 Å². The predicted molar refractivity (Wildman–Crippen MR) is 127 cm³/mol. The minimum Gasteiger partial charge on any atom is -0.497 e. The van der Waals surface area contributed by atoms with Crippen LogP contribution < -0.4 is 14.8 Å². The van der Waals surface area contributed by atoms with Gasteiger partial charge in [0, 0.05) is 22.3 Å². The Kier molecular flexibility index (Phi) is 7.54. The quantitative estimate of drug-likeness (QED) is 0.352. The zero-order valence-corrected chi connectivity index (χ0v) is 18.9. The molecule has 1 N–H and O–H groups in total. The third-order valence-electron chi connectivity index (χ3n) is 4.81. The molecule has 3 aromatic carbocycles. The van der Waals surface area contributed by atoms with Crippen LogP contribution in [0.5, 0.6) is 11.5 Å². The van der Waals surface area contributed by atoms with Crippen LogP contribution in [0.3, 0.4) is 0 Å². The van der Waals surface area contributed by atoms with E-state index in [0.29, 0.717) is 27.8 Å². The van der Waals surface area contributed by atoms with Crippen LogP contribution in [-0.2, 0) is 11.4 Å². The van der Waals surface area contributed by atoms with Crippen LogP contribution in [0.2, 0.25) is 5.02 Å². The smallest absolute Gasteiger partial charge is 0.266 e. The summed E-state index contributed by atoms with van der Waals surface area (Å²) < 4.78 is 11.3. The number of rotatable bonds is 7. The number of benzene rings is 3. The predicted octanol–water partition coefficient (Wildman–Crippen LogP) is 6.09. The second kappa shape index (κ2) is 10.5. The summed E-state index contributed by atoms with van der Waals surface area (Å²) in [5, 5.41) is 13.1. The topological polar surface area (TPSA) is 71.3 Å². The Bertz CT molecular complexity index is 1210. The van der Waals surface area contributed by atoms with E-state index in [1.54, 1.807) is 31.4 Å². The SMILES string of the molecule is COc1ccc(/C=C(\C#N)C(=O)Nc2cc(C)ccc2C)c(OCc2cccc(Cl)c2)c1. The molecule has 0 aromatic heterocycles. The van der Waals surface area contributed by atoms with Gasteiger partial charge in [-0.15, -0.1) is 0 Å². The molecular weight excluding hydrogens is 424 g/mol. The van der Waals surface area contributed by atoms with Crippen LogP contribution in [0.25, 0.3) is 6.08 Å². The molecule has 1 amide bonds. The van der Waals surface area contributed by atoms with E-state index in [9.17, 15) is 10.1 Å². The number of carbonyl (C=O) groups is 1. The van der Waals surface area contributed by atoms with Crippen molar-refractivity contribution in [1.29, 1.82) is 5.26 Å². The molecule has 5 nitrogen and oxygen atoms in total. The number of nitriles is 1. The lowest BCUT2D eigenvalue weighted by molar-refractivity contribution is -0.112. The van der Waals surface area contributed by atoms with Gasteiger partial charge in [0.25, 0.3) is 5.91 Å². The minimum absolute atomic E-state index is 0.0383. The minimum atomic E-state index is -0.488. The molecular formula is C26H23ClN2O3. The third-order valence-corrected chi connectivity index (χ3v) is 5.05. The van der Waals surface area contributed by atoms with E-state index in [-0.39, 0.29) is 12.2 Å². The van der Waals surface area contributed by atoms with Gasteiger partial charge in [0.2, 0.25) is 0 Å². The average Bonchev–Trinajstić information content (AvgIpc) is 2.78. The Morgan fingerprint density at radius 1 is 1.12 bits per heavy atom. The molecule has 0 radical (unpaired) electrons. The van der Waals surface area contributed by atoms with Gasteiger partial charge in [0.05, 0.1) is 7.11 Å². The highest BCUT2D eigenvalue weighted by Gasteiger charge is 2.13. The number of nitrogens with one attached hydrogen (secondary N) is 1. The van der Waals surface area contributed by atoms with Crippen molar-refractivity contribution in [1.82, 2.24) is 0 Å². The Morgan fingerprint density at radius 2 is 1.94 bits per heavy atom. The summed E-state index contributed by atoms with van der Waals surface area (Å²) in [5.74, 6) is 0.594. The summed E-state index contributed by atoms with van der Waals surface area (Å²) in [7, 11) is 1.56. The lowest BCUT2D eigenvalue weighted by atomic mass is 10.1. The highest BCUT2D eigenvalue weighted by atomic mass is 35.5. The van der Waals surface area contributed by atoms with Gasteiger partial charge in [0.15, 0.2) is 0 Å². The molecule has 0 aliphatic rings. The van der Waals surface area contributed by atoms with Crippen molar-refractivity contribution in [2.75, 3.05) is 12.4 Å². The number of amides is 1. The van der Waals surface area contributed by atoms with E-state index in [0.717, 1.165) is 16.7 Å². The van der Waals surface area contributed by atoms with E-state index in [4.69, 9.17) is 21.1 Å². The van der Waals surface area contributed by atoms with Gasteiger partial charge in [0.1, 0.15) is 29.7 Å². The number of carbonyl (C=O) groups excluding carboxylic acids is 1. The van der Waals surface area contributed by atoms with Gasteiger partial charge >= 0.3 is 0 Å². The van der Waals surface area contributed by atoms with E-state index in [2.05, 4.69) is 5.32 Å². The first-order valence-corrected chi connectivity index (χ1v) is 10.3. The standard InChI is InChI=1S/C26H23ClN2O3/c1-17-7-8-18(2)24(11-17)29-26(30)21(15-28)13-20-9-10-23(31-3)14-25(20)32-16-19-5-4-6-22(27)12-19/h4-14H,16H2,1-3H3,(H,29,30)/b21-13+. The number of methoxy groups -OCH3 is 1. The molecule has 3 aromatic rings.